The van der Waals surface area contributed by atoms with Crippen LogP contribution in [0.25, 0.3) is 0 Å². The smallest absolute Gasteiger partial charge is 0.416 e. The van der Waals surface area contributed by atoms with Crippen molar-refractivity contribution in [1.29, 1.82) is 0 Å². The van der Waals surface area contributed by atoms with Gasteiger partial charge in [0.1, 0.15) is 5.76 Å². The quantitative estimate of drug-likeness (QED) is 0.528. The number of anilines is 1. The zero-order valence-electron chi connectivity index (χ0n) is 14.5. The molecule has 148 valence electrons. The summed E-state index contributed by atoms with van der Waals surface area (Å²) in [5.74, 6) is 0.214. The van der Waals surface area contributed by atoms with E-state index in [0.717, 1.165) is 23.1 Å². The molecule has 1 amide bonds. The van der Waals surface area contributed by atoms with E-state index in [0.29, 0.717) is 18.8 Å². The first-order chi connectivity index (χ1) is 13.3. The Hall–Kier alpha value is -2.29. The highest BCUT2D eigenvalue weighted by molar-refractivity contribution is 7.09. The third kappa shape index (κ3) is 5.60. The zero-order valence-corrected chi connectivity index (χ0v) is 16.1. The van der Waals surface area contributed by atoms with Crippen molar-refractivity contribution in [2.24, 2.45) is 0 Å². The number of carbonyl (C=O) groups excluding carboxylic acids is 1. The fourth-order valence-electron chi connectivity index (χ4n) is 2.60. The standard InChI is InChI=1S/C19H16ClF3N2O2S/c20-16-6-5-13(19(21,22)23)9-17(16)24-18(26)12-25(10-14-3-1-7-27-14)11-15-4-2-8-28-15/h1-9H,10-12H2,(H,24,26). The normalized spacial score (nSPS) is 11.8. The number of amides is 1. The fourth-order valence-corrected chi connectivity index (χ4v) is 3.51. The summed E-state index contributed by atoms with van der Waals surface area (Å²) in [6.45, 7) is 0.849. The van der Waals surface area contributed by atoms with Gasteiger partial charge < -0.3 is 9.73 Å². The Kier molecular flexibility index (Phi) is 6.43. The van der Waals surface area contributed by atoms with Crippen LogP contribution < -0.4 is 5.32 Å². The predicted molar refractivity (Wildman–Crippen MR) is 102 cm³/mol. The monoisotopic (exact) mass is 428 g/mol. The van der Waals surface area contributed by atoms with Crippen LogP contribution in [0, 0.1) is 0 Å². The second kappa shape index (κ2) is 8.81. The molecule has 0 saturated heterocycles. The summed E-state index contributed by atoms with van der Waals surface area (Å²) in [6, 6.07) is 10.2. The minimum atomic E-state index is -4.52. The zero-order chi connectivity index (χ0) is 20.1. The van der Waals surface area contributed by atoms with Gasteiger partial charge in [0.15, 0.2) is 0 Å². The van der Waals surface area contributed by atoms with Crippen LogP contribution in [0.15, 0.2) is 58.5 Å². The van der Waals surface area contributed by atoms with E-state index in [4.69, 9.17) is 16.0 Å². The van der Waals surface area contributed by atoms with Gasteiger partial charge in [0.25, 0.3) is 0 Å². The van der Waals surface area contributed by atoms with Crippen LogP contribution in [0.2, 0.25) is 5.02 Å². The highest BCUT2D eigenvalue weighted by atomic mass is 35.5. The maximum Gasteiger partial charge on any atom is 0.416 e. The summed E-state index contributed by atoms with van der Waals surface area (Å²) >= 11 is 7.50. The van der Waals surface area contributed by atoms with Gasteiger partial charge in [-0.1, -0.05) is 17.7 Å². The maximum atomic E-state index is 12.9. The molecular weight excluding hydrogens is 413 g/mol. The third-order valence-electron chi connectivity index (χ3n) is 3.85. The van der Waals surface area contributed by atoms with E-state index in [1.807, 2.05) is 22.4 Å². The van der Waals surface area contributed by atoms with Gasteiger partial charge in [-0.05, 0) is 41.8 Å². The molecule has 9 heteroatoms. The average molecular weight is 429 g/mol. The first kappa shape index (κ1) is 20.4. The number of furan rings is 1. The number of hydrogen-bond donors (Lipinski definition) is 1. The van der Waals surface area contributed by atoms with E-state index >= 15 is 0 Å². The van der Waals surface area contributed by atoms with Gasteiger partial charge in [-0.2, -0.15) is 13.2 Å². The van der Waals surface area contributed by atoms with Gasteiger partial charge in [0, 0.05) is 11.4 Å². The molecule has 1 N–H and O–H groups in total. The molecule has 0 unspecified atom stereocenters. The highest BCUT2D eigenvalue weighted by Crippen LogP contribution is 2.33. The molecule has 0 fully saturated rings. The SMILES string of the molecule is O=C(CN(Cc1ccco1)Cc1cccs1)Nc1cc(C(F)(F)F)ccc1Cl. The fraction of sp³-hybridized carbons (Fsp3) is 0.211. The molecule has 4 nitrogen and oxygen atoms in total. The molecule has 0 radical (unpaired) electrons. The Balaban J connectivity index is 1.71. The molecule has 0 bridgehead atoms. The molecule has 0 aliphatic rings. The first-order valence-electron chi connectivity index (χ1n) is 8.25. The Labute approximate surface area is 168 Å². The Morgan fingerprint density at radius 3 is 2.64 bits per heavy atom. The number of benzene rings is 1. The summed E-state index contributed by atoms with van der Waals surface area (Å²) in [5.41, 5.74) is -0.950. The molecule has 0 aliphatic carbocycles. The predicted octanol–water partition coefficient (Wildman–Crippen LogP) is 5.65. The highest BCUT2D eigenvalue weighted by Gasteiger charge is 2.31. The number of halogens is 4. The summed E-state index contributed by atoms with van der Waals surface area (Å²) in [4.78, 5) is 15.4. The lowest BCUT2D eigenvalue weighted by Crippen LogP contribution is -2.32. The number of thiophene rings is 1. The van der Waals surface area contributed by atoms with Crippen molar-refractivity contribution in [1.82, 2.24) is 4.90 Å². The third-order valence-corrected chi connectivity index (χ3v) is 5.04. The summed E-state index contributed by atoms with van der Waals surface area (Å²) in [5, 5.41) is 4.45. The largest absolute Gasteiger partial charge is 0.468 e. The maximum absolute atomic E-state index is 12.9. The van der Waals surface area contributed by atoms with Gasteiger partial charge in [-0.15, -0.1) is 11.3 Å². The van der Waals surface area contributed by atoms with Crippen LogP contribution in [0.1, 0.15) is 16.2 Å². The van der Waals surface area contributed by atoms with Crippen molar-refractivity contribution in [3.05, 3.63) is 75.3 Å². The summed E-state index contributed by atoms with van der Waals surface area (Å²) in [6.07, 6.45) is -2.98. The van der Waals surface area contributed by atoms with Crippen LogP contribution >= 0.6 is 22.9 Å². The number of carbonyl (C=O) groups is 1. The van der Waals surface area contributed by atoms with Crippen LogP contribution in [0.3, 0.4) is 0 Å². The van der Waals surface area contributed by atoms with E-state index in [-0.39, 0.29) is 17.3 Å². The summed E-state index contributed by atoms with van der Waals surface area (Å²) in [7, 11) is 0. The van der Waals surface area contributed by atoms with Gasteiger partial charge in [-0.25, -0.2) is 0 Å². The molecular formula is C19H16ClF3N2O2S. The molecule has 0 spiro atoms. The van der Waals surface area contributed by atoms with Crippen molar-refractivity contribution in [3.8, 4) is 0 Å². The molecule has 3 rings (SSSR count). The average Bonchev–Trinajstić information content (AvgIpc) is 3.30. The van der Waals surface area contributed by atoms with Crippen molar-refractivity contribution in [2.45, 2.75) is 19.3 Å². The minimum absolute atomic E-state index is 0.0365. The molecule has 28 heavy (non-hydrogen) atoms. The van der Waals surface area contributed by atoms with E-state index in [2.05, 4.69) is 5.32 Å². The lowest BCUT2D eigenvalue weighted by atomic mass is 10.2. The molecule has 0 aliphatic heterocycles. The lowest BCUT2D eigenvalue weighted by Gasteiger charge is -2.20. The first-order valence-corrected chi connectivity index (χ1v) is 9.51. The lowest BCUT2D eigenvalue weighted by molar-refractivity contribution is -0.137. The molecule has 0 saturated carbocycles. The van der Waals surface area contributed by atoms with Crippen molar-refractivity contribution in [2.75, 3.05) is 11.9 Å². The van der Waals surface area contributed by atoms with E-state index in [9.17, 15) is 18.0 Å². The van der Waals surface area contributed by atoms with E-state index in [1.54, 1.807) is 29.7 Å². The number of alkyl halides is 3. The second-order valence-electron chi connectivity index (χ2n) is 6.04. The topological polar surface area (TPSA) is 45.5 Å². The Bertz CT molecular complexity index is 876. The summed E-state index contributed by atoms with van der Waals surface area (Å²) < 4.78 is 44.0. The van der Waals surface area contributed by atoms with Gasteiger partial charge >= 0.3 is 6.18 Å². The van der Waals surface area contributed by atoms with Crippen molar-refractivity contribution < 1.29 is 22.4 Å². The van der Waals surface area contributed by atoms with Crippen LogP contribution in [0.5, 0.6) is 0 Å². The van der Waals surface area contributed by atoms with Gasteiger partial charge in [-0.3, -0.25) is 9.69 Å². The van der Waals surface area contributed by atoms with Crippen LogP contribution in [-0.4, -0.2) is 17.4 Å². The molecule has 2 heterocycles. The molecule has 0 atom stereocenters. The Morgan fingerprint density at radius 1 is 1.18 bits per heavy atom. The van der Waals surface area contributed by atoms with Crippen LogP contribution in [0.4, 0.5) is 18.9 Å². The molecule has 1 aromatic carbocycles. The number of rotatable bonds is 7. The van der Waals surface area contributed by atoms with Gasteiger partial charge in [0.2, 0.25) is 5.91 Å². The van der Waals surface area contributed by atoms with Crippen LogP contribution in [-0.2, 0) is 24.1 Å². The molecule has 2 aromatic heterocycles. The van der Waals surface area contributed by atoms with E-state index < -0.39 is 17.6 Å². The number of hydrogen-bond acceptors (Lipinski definition) is 4. The van der Waals surface area contributed by atoms with Gasteiger partial charge in [0.05, 0.1) is 35.6 Å². The van der Waals surface area contributed by atoms with Crippen molar-refractivity contribution >= 4 is 34.5 Å². The molecule has 3 aromatic rings. The van der Waals surface area contributed by atoms with Crippen molar-refractivity contribution in [3.63, 3.8) is 0 Å². The van der Waals surface area contributed by atoms with E-state index in [1.165, 1.54) is 0 Å². The minimum Gasteiger partial charge on any atom is -0.468 e. The Morgan fingerprint density at radius 2 is 2.00 bits per heavy atom. The second-order valence-corrected chi connectivity index (χ2v) is 7.48. The number of nitrogens with zero attached hydrogens (tertiary/aromatic N) is 1. The number of nitrogens with one attached hydrogen (secondary N) is 1.